The number of benzene rings is 8. The first-order valence-corrected chi connectivity index (χ1v) is 14.5. The first-order valence-electron chi connectivity index (χ1n) is 20.5. The van der Waals surface area contributed by atoms with Gasteiger partial charge in [-0.1, -0.05) is 145 Å². The van der Waals surface area contributed by atoms with Gasteiger partial charge in [0.1, 0.15) is 11.2 Å². The lowest BCUT2D eigenvalue weighted by Crippen LogP contribution is -1.92. The highest BCUT2D eigenvalue weighted by Gasteiger charge is 2.20. The van der Waals surface area contributed by atoms with Crippen molar-refractivity contribution >= 4 is 43.5 Å². The van der Waals surface area contributed by atoms with Crippen molar-refractivity contribution in [3.63, 3.8) is 0 Å². The van der Waals surface area contributed by atoms with Gasteiger partial charge in [0, 0.05) is 16.3 Å². The fourth-order valence-electron chi connectivity index (χ4n) is 6.19. The van der Waals surface area contributed by atoms with E-state index in [0.29, 0.717) is 33.2 Å². The molecule has 0 saturated heterocycles. The largest absolute Gasteiger partial charge is 0.455 e. The molecule has 8 aromatic carbocycles. The van der Waals surface area contributed by atoms with Crippen LogP contribution in [0.5, 0.6) is 0 Å². The van der Waals surface area contributed by atoms with Crippen molar-refractivity contribution < 1.29 is 20.9 Å². The minimum atomic E-state index is -0.634. The third-order valence-electron chi connectivity index (χ3n) is 8.16. The average molecular weight is 585 g/mol. The molecule has 0 amide bonds. The lowest BCUT2D eigenvalue weighted by atomic mass is 9.84. The molecule has 210 valence electrons. The Morgan fingerprint density at radius 3 is 1.62 bits per heavy atom. The molecule has 0 fully saturated rings. The highest BCUT2D eigenvalue weighted by Crippen LogP contribution is 2.47. The van der Waals surface area contributed by atoms with E-state index in [2.05, 4.69) is 0 Å². The molecule has 9 aromatic rings. The molecule has 1 aromatic heterocycles. The van der Waals surface area contributed by atoms with E-state index in [1.807, 2.05) is 54.6 Å². The van der Waals surface area contributed by atoms with Crippen LogP contribution in [0.4, 0.5) is 0 Å². The van der Waals surface area contributed by atoms with E-state index in [1.165, 1.54) is 0 Å². The molecule has 0 atom stereocenters. The number of fused-ring (bicyclic) bond motifs is 5. The predicted molar refractivity (Wildman–Crippen MR) is 190 cm³/mol. The maximum absolute atomic E-state index is 9.56. The molecule has 0 aliphatic carbocycles. The van der Waals surface area contributed by atoms with Crippen LogP contribution in [0.2, 0.25) is 0 Å². The Labute approximate surface area is 278 Å². The summed E-state index contributed by atoms with van der Waals surface area (Å²) < 4.78 is 116. The normalized spacial score (nSPS) is 15.3. The SMILES string of the molecule is [2H]c1c([2H])c(-c2ccccc2)c([2H])c(-c2c3c([2H])c([2H])c([2H])c([2H])c3c(-c3cc(-c4ccccc4)c4oc5ccccc5c4c3)c3c([2H])c([2H])c([2H])c([2H])c23)c1[2H]. The zero-order chi connectivity index (χ0) is 40.2. The molecule has 1 nitrogen and oxygen atoms in total. The lowest BCUT2D eigenvalue weighted by molar-refractivity contribution is 0.670. The first-order chi connectivity index (χ1) is 27.3. The second kappa shape index (κ2) is 10.4. The minimum Gasteiger partial charge on any atom is -0.455 e. The van der Waals surface area contributed by atoms with Crippen LogP contribution in [0, 0.1) is 0 Å². The fraction of sp³-hybridized carbons (Fsp3) is 0. The number of rotatable bonds is 4. The fourth-order valence-corrected chi connectivity index (χ4v) is 6.19. The van der Waals surface area contributed by atoms with E-state index in [4.69, 9.17) is 12.6 Å². The monoisotopic (exact) mass is 584 g/mol. The van der Waals surface area contributed by atoms with Crippen molar-refractivity contribution in [2.75, 3.05) is 0 Å². The Kier molecular flexibility index (Phi) is 3.74. The van der Waals surface area contributed by atoms with Crippen LogP contribution in [0.25, 0.3) is 88.0 Å². The summed E-state index contributed by atoms with van der Waals surface area (Å²) in [5.41, 5.74) is 2.87. The van der Waals surface area contributed by atoms with Gasteiger partial charge in [-0.25, -0.2) is 0 Å². The summed E-state index contributed by atoms with van der Waals surface area (Å²) in [6, 6.07) is 22.3. The molecular weight excluding hydrogens is 544 g/mol. The third kappa shape index (κ3) is 4.17. The molecule has 45 heavy (non-hydrogen) atoms. The molecule has 0 radical (unpaired) electrons. The van der Waals surface area contributed by atoms with Crippen molar-refractivity contribution in [2.45, 2.75) is 0 Å². The molecule has 0 saturated carbocycles. The van der Waals surface area contributed by atoms with Crippen LogP contribution < -0.4 is 0 Å². The number of furan rings is 1. The van der Waals surface area contributed by atoms with Gasteiger partial charge in [0.05, 0.1) is 16.4 Å². The smallest absolute Gasteiger partial charge is 0.143 e. The lowest BCUT2D eigenvalue weighted by Gasteiger charge is -2.19. The van der Waals surface area contributed by atoms with Crippen molar-refractivity contribution in [1.29, 1.82) is 0 Å². The van der Waals surface area contributed by atoms with Gasteiger partial charge in [0.15, 0.2) is 0 Å². The Morgan fingerprint density at radius 1 is 0.400 bits per heavy atom. The number of para-hydroxylation sites is 1. The highest BCUT2D eigenvalue weighted by atomic mass is 16.3. The maximum atomic E-state index is 9.56. The van der Waals surface area contributed by atoms with Crippen molar-refractivity contribution in [1.82, 2.24) is 0 Å². The molecule has 0 N–H and O–H groups in total. The van der Waals surface area contributed by atoms with Gasteiger partial charge in [-0.15, -0.1) is 0 Å². The van der Waals surface area contributed by atoms with Crippen LogP contribution in [0.1, 0.15) is 16.4 Å². The van der Waals surface area contributed by atoms with Gasteiger partial charge in [-0.2, -0.15) is 0 Å². The van der Waals surface area contributed by atoms with Crippen molar-refractivity contribution in [3.8, 4) is 44.5 Å². The summed E-state index contributed by atoms with van der Waals surface area (Å²) in [4.78, 5) is 0. The maximum Gasteiger partial charge on any atom is 0.143 e. The Morgan fingerprint density at radius 2 is 0.956 bits per heavy atom. The Balaban J connectivity index is 1.58. The number of hydrogen-bond acceptors (Lipinski definition) is 1. The van der Waals surface area contributed by atoms with Gasteiger partial charge >= 0.3 is 0 Å². The van der Waals surface area contributed by atoms with Gasteiger partial charge < -0.3 is 4.42 Å². The number of hydrogen-bond donors (Lipinski definition) is 0. The molecule has 0 bridgehead atoms. The van der Waals surface area contributed by atoms with Crippen molar-refractivity contribution in [3.05, 3.63) is 170 Å². The van der Waals surface area contributed by atoms with Crippen LogP contribution >= 0.6 is 0 Å². The van der Waals surface area contributed by atoms with E-state index in [9.17, 15) is 8.22 Å². The van der Waals surface area contributed by atoms with E-state index in [-0.39, 0.29) is 43.8 Å². The van der Waals surface area contributed by atoms with E-state index in [1.54, 1.807) is 42.5 Å². The van der Waals surface area contributed by atoms with Crippen LogP contribution in [-0.2, 0) is 0 Å². The summed E-state index contributed by atoms with van der Waals surface area (Å²) in [7, 11) is 0. The second-order valence-electron chi connectivity index (χ2n) is 10.7. The van der Waals surface area contributed by atoms with Crippen LogP contribution in [-0.4, -0.2) is 0 Å². The van der Waals surface area contributed by atoms with Gasteiger partial charge in [0.2, 0.25) is 0 Å². The Bertz CT molecular complexity index is 3110. The Hall–Kier alpha value is -5.92. The van der Waals surface area contributed by atoms with E-state index in [0.717, 1.165) is 10.9 Å². The average Bonchev–Trinajstić information content (AvgIpc) is 3.61. The van der Waals surface area contributed by atoms with Gasteiger partial charge in [-0.3, -0.25) is 0 Å². The molecule has 1 heteroatoms. The minimum absolute atomic E-state index is 0.0107. The predicted octanol–water partition coefficient (Wildman–Crippen LogP) is 12.6. The van der Waals surface area contributed by atoms with Crippen LogP contribution in [0.15, 0.2) is 174 Å². The standard InChI is InChI=1S/C44H28O/c1-3-14-29(15-4-1)31-18-13-19-32(26-31)42-35-21-7-9-23-37(35)43(38-24-10-8-22-36(38)42)33-27-39(30-16-5-2-6-17-30)44-40(28-33)34-20-11-12-25-41(34)45-44/h1-28H/i7D,8D,9D,10D,13D,18D,19D,21D,22D,23D,24D,26D. The van der Waals surface area contributed by atoms with Crippen molar-refractivity contribution in [2.24, 2.45) is 0 Å². The molecule has 0 unspecified atom stereocenters. The molecule has 0 spiro atoms. The summed E-state index contributed by atoms with van der Waals surface area (Å²) in [5.74, 6) is 0. The van der Waals surface area contributed by atoms with Crippen LogP contribution in [0.3, 0.4) is 0 Å². The third-order valence-corrected chi connectivity index (χ3v) is 8.16. The van der Waals surface area contributed by atoms with Gasteiger partial charge in [0.25, 0.3) is 0 Å². The van der Waals surface area contributed by atoms with Gasteiger partial charge in [-0.05, 0) is 84.7 Å². The summed E-state index contributed by atoms with van der Waals surface area (Å²) >= 11 is 0. The second-order valence-corrected chi connectivity index (χ2v) is 10.7. The topological polar surface area (TPSA) is 13.1 Å². The first kappa shape index (κ1) is 16.2. The molecule has 0 aliphatic rings. The molecule has 9 rings (SSSR count). The molecular formula is C44H28O. The summed E-state index contributed by atoms with van der Waals surface area (Å²) in [6.07, 6.45) is 0. The molecule has 1 heterocycles. The van der Waals surface area contributed by atoms with E-state index >= 15 is 0 Å². The molecule has 0 aliphatic heterocycles. The zero-order valence-electron chi connectivity index (χ0n) is 35.6. The zero-order valence-corrected chi connectivity index (χ0v) is 23.6. The summed E-state index contributed by atoms with van der Waals surface area (Å²) in [6.45, 7) is 0. The quantitative estimate of drug-likeness (QED) is 0.188. The summed E-state index contributed by atoms with van der Waals surface area (Å²) in [5, 5.41) is 0.844. The van der Waals surface area contributed by atoms with E-state index < -0.39 is 72.5 Å². The highest BCUT2D eigenvalue weighted by molar-refractivity contribution is 6.23.